The maximum absolute atomic E-state index is 11.9. The minimum atomic E-state index is -1.81. The van der Waals surface area contributed by atoms with E-state index < -0.39 is 62.6 Å². The van der Waals surface area contributed by atoms with Gasteiger partial charge in [-0.05, 0) is 81.8 Å². The van der Waals surface area contributed by atoms with Crippen LogP contribution in [0.3, 0.4) is 0 Å². The molecule has 0 aromatic heterocycles. The van der Waals surface area contributed by atoms with Crippen LogP contribution >= 0.6 is 0 Å². The number of benzene rings is 2. The van der Waals surface area contributed by atoms with Crippen molar-refractivity contribution in [3.8, 4) is 11.5 Å². The van der Waals surface area contributed by atoms with Crippen molar-refractivity contribution >= 4 is 34.4 Å². The van der Waals surface area contributed by atoms with E-state index in [1.165, 1.54) is 0 Å². The van der Waals surface area contributed by atoms with Crippen LogP contribution in [-0.4, -0.2) is 77.1 Å². The Kier molecular flexibility index (Phi) is 17.9. The van der Waals surface area contributed by atoms with E-state index in [1.807, 2.05) is 30.3 Å². The smallest absolute Gasteiger partial charge is 0.333 e. The molecular weight excluding hydrogens is 951 g/mol. The monoisotopic (exact) mass is 1040 g/mol. The van der Waals surface area contributed by atoms with Crippen molar-refractivity contribution < 1.29 is 61.8 Å². The molecule has 5 fully saturated rings. The lowest BCUT2D eigenvalue weighted by Crippen LogP contribution is -2.74. The first-order valence-electron chi connectivity index (χ1n) is 26.9. The third-order valence-corrected chi connectivity index (χ3v) is 21.4. The Balaban J connectivity index is 0.000000274. The number of ether oxygens (including phenoxy) is 3. The summed E-state index contributed by atoms with van der Waals surface area (Å²) in [4.78, 5) is 63.8. The summed E-state index contributed by atoms with van der Waals surface area (Å²) in [7, 11) is -3.52. The molecule has 4 unspecified atom stereocenters. The number of carbonyl (C=O) groups excluding carboxylic acids is 3. The maximum Gasteiger partial charge on any atom is 0.333 e. The lowest BCUT2D eigenvalue weighted by atomic mass is 9.56. The van der Waals surface area contributed by atoms with Gasteiger partial charge in [-0.25, -0.2) is 14.6 Å². The highest BCUT2D eigenvalue weighted by atomic mass is 28.4. The standard InChI is InChI=1S/C35H55NO9Si.C21H34O4Si/c1-8-46(6,7)43-28-19-17-18-27(24-28)34-35(45-44-34,33(4,5)26-41-34)32(2,3)25-40-23-16-14-12-10-9-11-13-15-20-31(39)42-36-29(37)21-22-30(36)38;1-9-18(3,4)21-19(5,6)15-22-20(21,24-25-21)16-12-11-13-17(14-16)23-26(7,8)10-2/h17-19,24H,8-16,20-23,25-26H2,1-7H3;11-14H,9-10,15H2,1-8H3. The second-order valence-corrected chi connectivity index (χ2v) is 33.4. The van der Waals surface area contributed by atoms with Gasteiger partial charge in [0.25, 0.3) is 23.4 Å². The van der Waals surface area contributed by atoms with Gasteiger partial charge in [-0.3, -0.25) is 9.59 Å². The zero-order valence-electron chi connectivity index (χ0n) is 46.6. The van der Waals surface area contributed by atoms with Crippen LogP contribution in [0.2, 0.25) is 38.3 Å². The molecule has 5 heterocycles. The third-order valence-electron chi connectivity index (χ3n) is 16.5. The van der Waals surface area contributed by atoms with Crippen molar-refractivity contribution in [2.75, 3.05) is 26.4 Å². The van der Waals surface area contributed by atoms with Gasteiger partial charge >= 0.3 is 5.97 Å². The van der Waals surface area contributed by atoms with E-state index in [4.69, 9.17) is 47.5 Å². The number of carbonyl (C=O) groups is 3. The molecule has 4 atom stereocenters. The number of nitrogens with zero attached hydrogens (tertiary/aromatic N) is 1. The molecule has 5 aliphatic heterocycles. The normalized spacial score (nSPS) is 26.5. The Morgan fingerprint density at radius 1 is 0.625 bits per heavy atom. The summed E-state index contributed by atoms with van der Waals surface area (Å²) in [6, 6.07) is 18.4. The molecule has 404 valence electrons. The first kappa shape index (κ1) is 58.1. The van der Waals surface area contributed by atoms with Gasteiger partial charge in [0, 0.05) is 58.7 Å². The highest BCUT2D eigenvalue weighted by molar-refractivity contribution is 6.72. The number of amides is 2. The highest BCUT2D eigenvalue weighted by Gasteiger charge is 2.83. The van der Waals surface area contributed by atoms with Gasteiger partial charge in [-0.2, -0.15) is 9.78 Å². The molecule has 0 saturated carbocycles. The van der Waals surface area contributed by atoms with Crippen molar-refractivity contribution in [3.05, 3.63) is 59.7 Å². The fourth-order valence-electron chi connectivity index (χ4n) is 11.5. The molecule has 0 radical (unpaired) electrons. The molecule has 2 aromatic carbocycles. The van der Waals surface area contributed by atoms with Crippen molar-refractivity contribution in [1.82, 2.24) is 5.06 Å². The van der Waals surface area contributed by atoms with Crippen molar-refractivity contribution in [1.29, 1.82) is 0 Å². The van der Waals surface area contributed by atoms with Gasteiger partial charge in [-0.15, -0.1) is 5.06 Å². The van der Waals surface area contributed by atoms with E-state index in [0.29, 0.717) is 37.9 Å². The van der Waals surface area contributed by atoms with Crippen LogP contribution < -0.4 is 8.85 Å². The lowest BCUT2D eigenvalue weighted by Gasteiger charge is -2.61. The largest absolute Gasteiger partial charge is 0.544 e. The molecule has 0 bridgehead atoms. The highest BCUT2D eigenvalue weighted by Crippen LogP contribution is 2.71. The van der Waals surface area contributed by atoms with E-state index in [9.17, 15) is 14.4 Å². The van der Waals surface area contributed by atoms with E-state index in [2.05, 4.69) is 121 Å². The van der Waals surface area contributed by atoms with Gasteiger partial charge in [0.15, 0.2) is 11.2 Å². The van der Waals surface area contributed by atoms with Crippen LogP contribution in [0.1, 0.15) is 164 Å². The van der Waals surface area contributed by atoms with Crippen LogP contribution in [-0.2, 0) is 64.6 Å². The minimum Gasteiger partial charge on any atom is -0.544 e. The van der Waals surface area contributed by atoms with Crippen molar-refractivity contribution in [3.63, 3.8) is 0 Å². The average Bonchev–Trinajstić information content (AvgIpc) is 3.76. The number of hydrogen-bond acceptors (Lipinski definition) is 13. The number of hydroxylamine groups is 2. The van der Waals surface area contributed by atoms with E-state index in [0.717, 1.165) is 86.1 Å². The van der Waals surface area contributed by atoms with Crippen LogP contribution in [0.15, 0.2) is 48.5 Å². The van der Waals surface area contributed by atoms with E-state index >= 15 is 0 Å². The Morgan fingerprint density at radius 2 is 1.06 bits per heavy atom. The average molecular weight is 1040 g/mol. The number of rotatable bonds is 25. The summed E-state index contributed by atoms with van der Waals surface area (Å²) in [6.07, 6.45) is 9.51. The van der Waals surface area contributed by atoms with Crippen LogP contribution in [0.25, 0.3) is 0 Å². The van der Waals surface area contributed by atoms with E-state index in [1.54, 1.807) is 0 Å². The molecule has 16 heteroatoms. The quantitative estimate of drug-likeness (QED) is 0.0403. The summed E-state index contributed by atoms with van der Waals surface area (Å²) in [6.45, 7) is 35.4. The molecule has 72 heavy (non-hydrogen) atoms. The lowest BCUT2D eigenvalue weighted by molar-refractivity contribution is -0.628. The minimum absolute atomic E-state index is 0.112. The zero-order chi connectivity index (χ0) is 53.1. The Hall–Kier alpha value is -3.20. The van der Waals surface area contributed by atoms with Crippen LogP contribution in [0, 0.1) is 21.7 Å². The van der Waals surface area contributed by atoms with Gasteiger partial charge in [0.2, 0.25) is 16.6 Å². The van der Waals surface area contributed by atoms with Crippen LogP contribution in [0.5, 0.6) is 11.5 Å². The molecule has 0 aliphatic carbocycles. The fraction of sp³-hybridized carbons (Fsp3) is 0.732. The number of hydrogen-bond donors (Lipinski definition) is 0. The zero-order valence-corrected chi connectivity index (χ0v) is 48.6. The third kappa shape index (κ3) is 10.9. The van der Waals surface area contributed by atoms with Gasteiger partial charge < -0.3 is 27.9 Å². The first-order chi connectivity index (χ1) is 33.7. The summed E-state index contributed by atoms with van der Waals surface area (Å²) >= 11 is 0. The summed E-state index contributed by atoms with van der Waals surface area (Å²) in [5, 5.41) is 0.616. The topological polar surface area (TPSA) is 147 Å². The molecule has 0 N–H and O–H groups in total. The molecule has 5 saturated heterocycles. The predicted octanol–water partition coefficient (Wildman–Crippen LogP) is 13.0. The number of imide groups is 1. The van der Waals surface area contributed by atoms with Gasteiger partial charge in [-0.1, -0.05) is 139 Å². The van der Waals surface area contributed by atoms with Gasteiger partial charge in [0.1, 0.15) is 11.5 Å². The Labute approximate surface area is 433 Å². The molecular formula is C56H89NO13Si2. The summed E-state index contributed by atoms with van der Waals surface area (Å²) in [5.41, 5.74) is -0.413. The number of unbranched alkanes of at least 4 members (excludes halogenated alkanes) is 7. The first-order valence-corrected chi connectivity index (χ1v) is 33.2. The fourth-order valence-corrected chi connectivity index (χ4v) is 13.3. The van der Waals surface area contributed by atoms with E-state index in [-0.39, 0.29) is 35.5 Å². The van der Waals surface area contributed by atoms with Crippen LogP contribution in [0.4, 0.5) is 0 Å². The Bertz CT molecular complexity index is 2200. The molecule has 5 aliphatic rings. The van der Waals surface area contributed by atoms with Crippen molar-refractivity contribution in [2.24, 2.45) is 21.7 Å². The molecule has 0 spiro atoms. The second kappa shape index (κ2) is 22.2. The summed E-state index contributed by atoms with van der Waals surface area (Å²) < 4.78 is 31.9. The molecule has 2 aromatic rings. The predicted molar refractivity (Wildman–Crippen MR) is 280 cm³/mol. The molecule has 2 amide bonds. The molecule has 14 nitrogen and oxygen atoms in total. The second-order valence-electron chi connectivity index (χ2n) is 24.6. The maximum atomic E-state index is 11.9. The van der Waals surface area contributed by atoms with Gasteiger partial charge in [0.05, 0.1) is 19.8 Å². The summed E-state index contributed by atoms with van der Waals surface area (Å²) in [5.74, 6) is -1.59. The number of fused-ring (bicyclic) bond motifs is 2. The SMILES string of the molecule is CCC(C)(C)C12OOC1(c1cccc(O[Si](C)(C)CC)c1)OCC2(C)C.CC[Si](C)(C)Oc1cccc(C23OCC(C)(C)C2(C(C)(C)COCCCCCCCCCCC(=O)ON2C(=O)CCC2=O)OO3)c1. The molecule has 7 rings (SSSR count). The Morgan fingerprint density at radius 3 is 1.47 bits per heavy atom. The van der Waals surface area contributed by atoms with Crippen molar-refractivity contribution in [2.45, 2.75) is 214 Å².